The minimum Gasteiger partial charge on any atom is -0.223 e. The van der Waals surface area contributed by atoms with Gasteiger partial charge in [0.05, 0.1) is 0 Å². The number of sulfone groups is 1. The van der Waals surface area contributed by atoms with Gasteiger partial charge in [-0.25, -0.2) is 8.42 Å². The zero-order valence-electron chi connectivity index (χ0n) is 7.64. The van der Waals surface area contributed by atoms with Gasteiger partial charge in [0.25, 0.3) is 0 Å². The first kappa shape index (κ1) is 11.7. The van der Waals surface area contributed by atoms with Gasteiger partial charge in [-0.3, -0.25) is 0 Å². The molecule has 0 aliphatic rings. The van der Waals surface area contributed by atoms with Crippen LogP contribution in [-0.4, -0.2) is 18.2 Å². The first-order valence-corrected chi connectivity index (χ1v) is 7.19. The number of hydrogen-bond acceptors (Lipinski definition) is 4. The Morgan fingerprint density at radius 2 is 1.93 bits per heavy atom. The Hall–Kier alpha value is -0.390. The smallest absolute Gasteiger partial charge is 0.191 e. The van der Waals surface area contributed by atoms with Gasteiger partial charge in [0.2, 0.25) is 0 Å². The van der Waals surface area contributed by atoms with Gasteiger partial charge in [0.1, 0.15) is 0 Å². The van der Waals surface area contributed by atoms with Crippen LogP contribution in [0.1, 0.15) is 5.56 Å². The molecule has 0 saturated heterocycles. The molecule has 0 heterocycles. The molecule has 1 aromatic rings. The summed E-state index contributed by atoms with van der Waals surface area (Å²) >= 11 is 5.95. The molecule has 0 amide bonds. The van der Waals surface area contributed by atoms with Crippen molar-refractivity contribution < 1.29 is 8.42 Å². The van der Waals surface area contributed by atoms with E-state index in [-0.39, 0.29) is 3.53 Å². The normalized spacial score (nSPS) is 11.2. The maximum absolute atomic E-state index is 11.0. The van der Waals surface area contributed by atoms with Crippen molar-refractivity contribution in [1.82, 2.24) is 0 Å². The van der Waals surface area contributed by atoms with Crippen molar-refractivity contribution >= 4 is 37.3 Å². The molecule has 0 spiro atoms. The van der Waals surface area contributed by atoms with Crippen molar-refractivity contribution in [2.24, 2.45) is 0 Å². The van der Waals surface area contributed by atoms with Crippen LogP contribution in [-0.2, 0) is 15.6 Å². The van der Waals surface area contributed by atoms with Gasteiger partial charge < -0.3 is 0 Å². The van der Waals surface area contributed by atoms with Crippen LogP contribution in [0.25, 0.3) is 0 Å². The summed E-state index contributed by atoms with van der Waals surface area (Å²) in [5.74, 6) is 0.604. The lowest BCUT2D eigenvalue weighted by atomic mass is 10.2. The Labute approximate surface area is 93.6 Å². The summed E-state index contributed by atoms with van der Waals surface area (Å²) in [6.45, 7) is 0. The number of thioether (sulfide) groups is 1. The van der Waals surface area contributed by atoms with Crippen molar-refractivity contribution in [1.29, 1.82) is 0 Å². The highest BCUT2D eigenvalue weighted by atomic mass is 32.3. The average Bonchev–Trinajstić information content (AvgIpc) is 2.14. The fourth-order valence-electron chi connectivity index (χ4n) is 0.824. The summed E-state index contributed by atoms with van der Waals surface area (Å²) in [6.07, 6.45) is 1.13. The number of thiocarbonyl (C=S) groups is 1. The van der Waals surface area contributed by atoms with Crippen LogP contribution < -0.4 is 0 Å². The lowest BCUT2D eigenvalue weighted by molar-refractivity contribution is 0.613. The van der Waals surface area contributed by atoms with Gasteiger partial charge in [-0.05, 0) is 5.56 Å². The topological polar surface area (TPSA) is 34.1 Å². The van der Waals surface area contributed by atoms with E-state index >= 15 is 0 Å². The van der Waals surface area contributed by atoms with Crippen LogP contribution in [0.4, 0.5) is 0 Å². The highest BCUT2D eigenvalue weighted by Crippen LogP contribution is 2.16. The number of benzene rings is 1. The molecule has 0 radical (unpaired) electrons. The van der Waals surface area contributed by atoms with Gasteiger partial charge in [0.15, 0.2) is 13.4 Å². The highest BCUT2D eigenvalue weighted by molar-refractivity contribution is 8.43. The van der Waals surface area contributed by atoms with Crippen molar-refractivity contribution in [2.75, 3.05) is 6.26 Å². The van der Waals surface area contributed by atoms with E-state index in [2.05, 4.69) is 0 Å². The molecule has 2 nitrogen and oxygen atoms in total. The maximum Gasteiger partial charge on any atom is 0.191 e. The summed E-state index contributed by atoms with van der Waals surface area (Å²) in [7, 11) is -3.18. The maximum atomic E-state index is 11.0. The van der Waals surface area contributed by atoms with Crippen molar-refractivity contribution in [3.63, 3.8) is 0 Å². The fraction of sp³-hybridized carbons (Fsp3) is 0.222. The first-order chi connectivity index (χ1) is 6.50. The molecule has 0 N–H and O–H groups in total. The minimum absolute atomic E-state index is 0.0568. The summed E-state index contributed by atoms with van der Waals surface area (Å²) in [4.78, 5) is 0. The van der Waals surface area contributed by atoms with Crippen LogP contribution in [0.15, 0.2) is 30.3 Å². The van der Waals surface area contributed by atoms with E-state index in [0.717, 1.165) is 11.8 Å². The Kier molecular flexibility index (Phi) is 4.10. The second-order valence-corrected chi connectivity index (χ2v) is 6.92. The van der Waals surface area contributed by atoms with Crippen molar-refractivity contribution in [3.8, 4) is 0 Å². The molecule has 5 heteroatoms. The second kappa shape index (κ2) is 4.91. The third-order valence-electron chi connectivity index (χ3n) is 1.50. The standard InChI is InChI=1S/C9H10O2S3/c1-14(10,11)9(12)13-7-8-5-3-2-4-6-8/h2-6H,7H2,1H3. The lowest BCUT2D eigenvalue weighted by Gasteiger charge is -2.00. The van der Waals surface area contributed by atoms with Crippen LogP contribution in [0.3, 0.4) is 0 Å². The predicted molar refractivity (Wildman–Crippen MR) is 65.2 cm³/mol. The number of hydrogen-bond donors (Lipinski definition) is 0. The Morgan fingerprint density at radius 1 is 1.36 bits per heavy atom. The molecule has 14 heavy (non-hydrogen) atoms. The molecule has 0 unspecified atom stereocenters. The zero-order valence-corrected chi connectivity index (χ0v) is 10.1. The molecule has 0 fully saturated rings. The molecule has 0 atom stereocenters. The van der Waals surface area contributed by atoms with E-state index in [0.29, 0.717) is 5.75 Å². The molecule has 0 aliphatic carbocycles. The largest absolute Gasteiger partial charge is 0.223 e. The molecule has 1 rings (SSSR count). The molecule has 0 saturated carbocycles. The zero-order chi connectivity index (χ0) is 10.6. The average molecular weight is 246 g/mol. The lowest BCUT2D eigenvalue weighted by Crippen LogP contribution is -2.05. The van der Waals surface area contributed by atoms with Crippen molar-refractivity contribution in [3.05, 3.63) is 35.9 Å². The summed E-state index contributed by atoms with van der Waals surface area (Å²) in [5.41, 5.74) is 1.07. The number of rotatable bonds is 2. The van der Waals surface area contributed by atoms with Crippen molar-refractivity contribution in [2.45, 2.75) is 5.75 Å². The van der Waals surface area contributed by atoms with E-state index in [1.165, 1.54) is 11.8 Å². The SMILES string of the molecule is CS(=O)(=O)C(=S)SCc1ccccc1. The molecule has 1 aromatic carbocycles. The van der Waals surface area contributed by atoms with Gasteiger partial charge in [-0.2, -0.15) is 0 Å². The summed E-state index contributed by atoms with van der Waals surface area (Å²) in [5, 5.41) is 0. The van der Waals surface area contributed by atoms with Gasteiger partial charge in [-0.1, -0.05) is 54.3 Å². The van der Waals surface area contributed by atoms with E-state index < -0.39 is 9.84 Å². The molecular formula is C9H10O2S3. The molecule has 0 bridgehead atoms. The Bertz CT molecular complexity index is 409. The van der Waals surface area contributed by atoms with Crippen LogP contribution in [0.5, 0.6) is 0 Å². The molecule has 0 aromatic heterocycles. The van der Waals surface area contributed by atoms with Gasteiger partial charge in [-0.15, -0.1) is 0 Å². The van der Waals surface area contributed by atoms with E-state index in [9.17, 15) is 8.42 Å². The van der Waals surface area contributed by atoms with Crippen LogP contribution >= 0.6 is 24.0 Å². The van der Waals surface area contributed by atoms with E-state index in [4.69, 9.17) is 12.2 Å². The third-order valence-corrected chi connectivity index (χ3v) is 5.34. The minimum atomic E-state index is -3.18. The third kappa shape index (κ3) is 3.77. The summed E-state index contributed by atoms with van der Waals surface area (Å²) < 4.78 is 22.0. The molecule has 76 valence electrons. The predicted octanol–water partition coefficient (Wildman–Crippen LogP) is 2.25. The van der Waals surface area contributed by atoms with E-state index in [1.807, 2.05) is 30.3 Å². The molecule has 0 aliphatic heterocycles. The summed E-state index contributed by atoms with van der Waals surface area (Å²) in [6, 6.07) is 9.64. The van der Waals surface area contributed by atoms with Gasteiger partial charge in [0, 0.05) is 12.0 Å². The second-order valence-electron chi connectivity index (χ2n) is 2.80. The van der Waals surface area contributed by atoms with Crippen LogP contribution in [0, 0.1) is 0 Å². The van der Waals surface area contributed by atoms with Gasteiger partial charge >= 0.3 is 0 Å². The van der Waals surface area contributed by atoms with E-state index in [1.54, 1.807) is 0 Å². The monoisotopic (exact) mass is 246 g/mol. The molecular weight excluding hydrogens is 236 g/mol. The first-order valence-electron chi connectivity index (χ1n) is 3.91. The van der Waals surface area contributed by atoms with Crippen LogP contribution in [0.2, 0.25) is 0 Å². The fourth-order valence-corrected chi connectivity index (χ4v) is 2.51. The highest BCUT2D eigenvalue weighted by Gasteiger charge is 2.10. The quantitative estimate of drug-likeness (QED) is 0.750. The Morgan fingerprint density at radius 3 is 2.43 bits per heavy atom. The Balaban J connectivity index is 2.55.